The van der Waals surface area contributed by atoms with Crippen LogP contribution in [0.25, 0.3) is 22.3 Å². The average molecular weight is 262 g/mol. The Morgan fingerprint density at radius 3 is 1.80 bits per heavy atom. The largest absolute Gasteiger partial charge is 0.207 e. The number of hydrogen-bond acceptors (Lipinski definition) is 0. The van der Waals surface area contributed by atoms with Crippen LogP contribution in [0.4, 0.5) is 4.39 Å². The molecule has 98 valence electrons. The van der Waals surface area contributed by atoms with Gasteiger partial charge < -0.3 is 0 Å². The van der Waals surface area contributed by atoms with Crippen LogP contribution in [0.1, 0.15) is 5.56 Å². The minimum absolute atomic E-state index is 0.162. The van der Waals surface area contributed by atoms with Crippen molar-refractivity contribution in [3.8, 4) is 22.3 Å². The minimum Gasteiger partial charge on any atom is -0.207 e. The number of halogens is 1. The summed E-state index contributed by atoms with van der Waals surface area (Å²) in [6.07, 6.45) is 0. The first kappa shape index (κ1) is 12.6. The first-order chi connectivity index (χ1) is 9.75. The van der Waals surface area contributed by atoms with Gasteiger partial charge in [0.25, 0.3) is 0 Å². The van der Waals surface area contributed by atoms with E-state index in [1.165, 1.54) is 0 Å². The first-order valence-corrected chi connectivity index (χ1v) is 6.67. The Morgan fingerprint density at radius 2 is 1.20 bits per heavy atom. The number of rotatable bonds is 2. The molecule has 3 aromatic rings. The van der Waals surface area contributed by atoms with Crippen LogP contribution in [0.3, 0.4) is 0 Å². The van der Waals surface area contributed by atoms with Crippen molar-refractivity contribution >= 4 is 0 Å². The van der Waals surface area contributed by atoms with Crippen LogP contribution in [-0.4, -0.2) is 0 Å². The minimum atomic E-state index is -0.162. The lowest BCUT2D eigenvalue weighted by atomic mass is 9.95. The van der Waals surface area contributed by atoms with Gasteiger partial charge in [0.1, 0.15) is 5.82 Å². The van der Waals surface area contributed by atoms with Gasteiger partial charge in [0.2, 0.25) is 0 Å². The molecule has 0 heterocycles. The fourth-order valence-corrected chi connectivity index (χ4v) is 2.39. The van der Waals surface area contributed by atoms with Gasteiger partial charge in [-0.15, -0.1) is 0 Å². The predicted molar refractivity (Wildman–Crippen MR) is 82.0 cm³/mol. The third-order valence-electron chi connectivity index (χ3n) is 3.54. The summed E-state index contributed by atoms with van der Waals surface area (Å²) in [5.74, 6) is -0.162. The molecular weight excluding hydrogens is 247 g/mol. The van der Waals surface area contributed by atoms with E-state index in [9.17, 15) is 4.39 Å². The van der Waals surface area contributed by atoms with E-state index < -0.39 is 0 Å². The average Bonchev–Trinajstić information content (AvgIpc) is 2.51. The van der Waals surface area contributed by atoms with Crippen LogP contribution in [0.2, 0.25) is 0 Å². The second-order valence-electron chi connectivity index (χ2n) is 4.86. The molecule has 1 heteroatoms. The molecule has 3 rings (SSSR count). The Balaban J connectivity index is 2.19. The van der Waals surface area contributed by atoms with Gasteiger partial charge in [-0.05, 0) is 46.9 Å². The molecule has 0 atom stereocenters. The molecule has 20 heavy (non-hydrogen) atoms. The van der Waals surface area contributed by atoms with Crippen molar-refractivity contribution in [2.75, 3.05) is 0 Å². The normalized spacial score (nSPS) is 10.5. The van der Waals surface area contributed by atoms with E-state index >= 15 is 0 Å². The molecule has 0 spiro atoms. The molecule has 3 aromatic carbocycles. The van der Waals surface area contributed by atoms with Gasteiger partial charge in [-0.3, -0.25) is 0 Å². The fourth-order valence-electron chi connectivity index (χ4n) is 2.39. The Labute approximate surface area is 118 Å². The lowest BCUT2D eigenvalue weighted by molar-refractivity contribution is 0.619. The van der Waals surface area contributed by atoms with Crippen molar-refractivity contribution in [2.24, 2.45) is 0 Å². The molecule has 0 fully saturated rings. The lowest BCUT2D eigenvalue weighted by Crippen LogP contribution is -1.90. The molecule has 0 aromatic heterocycles. The van der Waals surface area contributed by atoms with Crippen molar-refractivity contribution in [3.63, 3.8) is 0 Å². The molecule has 0 unspecified atom stereocenters. The van der Waals surface area contributed by atoms with Gasteiger partial charge in [-0.1, -0.05) is 60.7 Å². The van der Waals surface area contributed by atoms with Crippen LogP contribution in [0.5, 0.6) is 0 Å². The summed E-state index contributed by atoms with van der Waals surface area (Å²) in [6, 6.07) is 23.5. The van der Waals surface area contributed by atoms with Gasteiger partial charge in [-0.25, -0.2) is 4.39 Å². The maximum atomic E-state index is 14.2. The fraction of sp³-hybridized carbons (Fsp3) is 0.0526. The van der Waals surface area contributed by atoms with Crippen molar-refractivity contribution in [1.82, 2.24) is 0 Å². The van der Waals surface area contributed by atoms with E-state index in [2.05, 4.69) is 6.07 Å². The quantitative estimate of drug-likeness (QED) is 0.574. The number of hydrogen-bond donors (Lipinski definition) is 0. The summed E-state index contributed by atoms with van der Waals surface area (Å²) in [6.45, 7) is 1.83. The highest BCUT2D eigenvalue weighted by Gasteiger charge is 2.09. The van der Waals surface area contributed by atoms with E-state index in [0.717, 1.165) is 22.3 Å². The maximum Gasteiger partial charge on any atom is 0.127 e. The maximum absolute atomic E-state index is 14.2. The van der Waals surface area contributed by atoms with Crippen LogP contribution in [0.15, 0.2) is 72.8 Å². The topological polar surface area (TPSA) is 0 Å². The first-order valence-electron chi connectivity index (χ1n) is 6.67. The van der Waals surface area contributed by atoms with Crippen LogP contribution in [-0.2, 0) is 0 Å². The summed E-state index contributed by atoms with van der Waals surface area (Å²) >= 11 is 0. The third-order valence-corrected chi connectivity index (χ3v) is 3.54. The van der Waals surface area contributed by atoms with Crippen molar-refractivity contribution in [1.29, 1.82) is 0 Å². The molecule has 0 saturated carbocycles. The second-order valence-corrected chi connectivity index (χ2v) is 4.86. The molecule has 0 aliphatic carbocycles. The standard InChI is InChI=1S/C19H15F/c1-14-18(16-10-6-3-7-11-16)12-17(13-19(14)20)15-8-4-2-5-9-15/h2-13H,1H3. The highest BCUT2D eigenvalue weighted by Crippen LogP contribution is 2.31. The lowest BCUT2D eigenvalue weighted by Gasteiger charge is -2.11. The molecular formula is C19H15F. The number of benzene rings is 3. The molecule has 0 radical (unpaired) electrons. The highest BCUT2D eigenvalue weighted by atomic mass is 19.1. The Morgan fingerprint density at radius 1 is 0.650 bits per heavy atom. The van der Waals surface area contributed by atoms with Gasteiger partial charge >= 0.3 is 0 Å². The molecule has 0 N–H and O–H groups in total. The summed E-state index contributed by atoms with van der Waals surface area (Å²) in [4.78, 5) is 0. The summed E-state index contributed by atoms with van der Waals surface area (Å²) in [5, 5.41) is 0. The zero-order chi connectivity index (χ0) is 13.9. The van der Waals surface area contributed by atoms with Crippen LogP contribution >= 0.6 is 0 Å². The van der Waals surface area contributed by atoms with E-state index in [0.29, 0.717) is 5.56 Å². The molecule has 0 saturated heterocycles. The molecule has 0 bridgehead atoms. The van der Waals surface area contributed by atoms with Crippen LogP contribution < -0.4 is 0 Å². The van der Waals surface area contributed by atoms with Gasteiger partial charge in [0.05, 0.1) is 0 Å². The molecule has 0 nitrogen and oxygen atoms in total. The summed E-state index contributed by atoms with van der Waals surface area (Å²) < 4.78 is 14.2. The van der Waals surface area contributed by atoms with Crippen molar-refractivity contribution < 1.29 is 4.39 Å². The SMILES string of the molecule is Cc1c(F)cc(-c2ccccc2)cc1-c1ccccc1. The van der Waals surface area contributed by atoms with E-state index in [1.54, 1.807) is 6.07 Å². The zero-order valence-corrected chi connectivity index (χ0v) is 11.3. The summed E-state index contributed by atoms with van der Waals surface area (Å²) in [7, 11) is 0. The Bertz CT molecular complexity index is 716. The van der Waals surface area contributed by atoms with Gasteiger partial charge in [0, 0.05) is 0 Å². The van der Waals surface area contributed by atoms with E-state index in [-0.39, 0.29) is 5.82 Å². The van der Waals surface area contributed by atoms with E-state index in [4.69, 9.17) is 0 Å². The highest BCUT2D eigenvalue weighted by molar-refractivity contribution is 5.75. The zero-order valence-electron chi connectivity index (χ0n) is 11.3. The van der Waals surface area contributed by atoms with Gasteiger partial charge in [0.15, 0.2) is 0 Å². The van der Waals surface area contributed by atoms with Crippen LogP contribution in [0, 0.1) is 12.7 Å². The molecule has 0 aliphatic heterocycles. The predicted octanol–water partition coefficient (Wildman–Crippen LogP) is 5.47. The Hall–Kier alpha value is -2.41. The smallest absolute Gasteiger partial charge is 0.127 e. The molecule has 0 aliphatic rings. The van der Waals surface area contributed by atoms with E-state index in [1.807, 2.05) is 67.6 Å². The second kappa shape index (κ2) is 5.30. The third kappa shape index (κ3) is 2.35. The van der Waals surface area contributed by atoms with Gasteiger partial charge in [-0.2, -0.15) is 0 Å². The summed E-state index contributed by atoms with van der Waals surface area (Å²) in [5.41, 5.74) is 4.62. The monoisotopic (exact) mass is 262 g/mol. The van der Waals surface area contributed by atoms with Crippen molar-refractivity contribution in [2.45, 2.75) is 6.92 Å². The van der Waals surface area contributed by atoms with Crippen molar-refractivity contribution in [3.05, 3.63) is 84.2 Å². The Kier molecular flexibility index (Phi) is 3.34. The molecule has 0 amide bonds.